The van der Waals surface area contributed by atoms with E-state index in [2.05, 4.69) is 9.80 Å². The van der Waals surface area contributed by atoms with E-state index >= 15 is 0 Å². The van der Waals surface area contributed by atoms with Gasteiger partial charge in [0.05, 0.1) is 6.73 Å². The van der Waals surface area contributed by atoms with Crippen LogP contribution >= 0.6 is 0 Å². The SMILES string of the molecule is COCCCN1CCN(CO)CC1. The average molecular weight is 188 g/mol. The predicted octanol–water partition coefficient (Wildman–Crippen LogP) is -0.410. The molecule has 0 radical (unpaired) electrons. The van der Waals surface area contributed by atoms with Gasteiger partial charge in [0.25, 0.3) is 0 Å². The molecule has 1 fully saturated rings. The molecule has 1 N–H and O–H groups in total. The van der Waals surface area contributed by atoms with Gasteiger partial charge < -0.3 is 14.7 Å². The molecule has 0 spiro atoms. The van der Waals surface area contributed by atoms with Gasteiger partial charge >= 0.3 is 0 Å². The van der Waals surface area contributed by atoms with E-state index in [0.29, 0.717) is 0 Å². The Bertz CT molecular complexity index is 122. The lowest BCUT2D eigenvalue weighted by molar-refractivity contribution is 0.0511. The van der Waals surface area contributed by atoms with Crippen molar-refractivity contribution in [3.8, 4) is 0 Å². The first-order chi connectivity index (χ1) is 6.36. The zero-order valence-electron chi connectivity index (χ0n) is 8.41. The molecule has 0 aromatic carbocycles. The quantitative estimate of drug-likeness (QED) is 0.595. The smallest absolute Gasteiger partial charge is 0.0957 e. The minimum Gasteiger partial charge on any atom is -0.385 e. The summed E-state index contributed by atoms with van der Waals surface area (Å²) in [7, 11) is 1.74. The van der Waals surface area contributed by atoms with Gasteiger partial charge in [-0.3, -0.25) is 4.90 Å². The van der Waals surface area contributed by atoms with Crippen LogP contribution in [0.4, 0.5) is 0 Å². The summed E-state index contributed by atoms with van der Waals surface area (Å²) in [5, 5.41) is 8.88. The average Bonchev–Trinajstić information content (AvgIpc) is 2.19. The third-order valence-corrected chi connectivity index (χ3v) is 2.49. The maximum absolute atomic E-state index is 8.88. The molecule has 1 aliphatic heterocycles. The maximum Gasteiger partial charge on any atom is 0.0957 e. The number of nitrogens with zero attached hydrogens (tertiary/aromatic N) is 2. The Kier molecular flexibility index (Phi) is 5.31. The standard InChI is InChI=1S/C9H20N2O2/c1-13-8-2-3-10-4-6-11(9-12)7-5-10/h12H,2-9H2,1H3. The second-order valence-corrected chi connectivity index (χ2v) is 3.45. The lowest BCUT2D eigenvalue weighted by Crippen LogP contribution is -2.46. The van der Waals surface area contributed by atoms with Gasteiger partial charge in [-0.1, -0.05) is 0 Å². The van der Waals surface area contributed by atoms with Crippen molar-refractivity contribution in [3.63, 3.8) is 0 Å². The number of aliphatic hydroxyl groups is 1. The van der Waals surface area contributed by atoms with Crippen molar-refractivity contribution in [2.24, 2.45) is 0 Å². The van der Waals surface area contributed by atoms with Gasteiger partial charge in [0.1, 0.15) is 0 Å². The van der Waals surface area contributed by atoms with Gasteiger partial charge in [-0.05, 0) is 6.42 Å². The zero-order valence-corrected chi connectivity index (χ0v) is 8.41. The van der Waals surface area contributed by atoms with E-state index in [9.17, 15) is 0 Å². The lowest BCUT2D eigenvalue weighted by atomic mass is 10.3. The summed E-state index contributed by atoms with van der Waals surface area (Å²) >= 11 is 0. The molecule has 13 heavy (non-hydrogen) atoms. The Balaban J connectivity index is 2.03. The molecule has 0 aromatic rings. The van der Waals surface area contributed by atoms with Crippen LogP contribution in [0.2, 0.25) is 0 Å². The molecule has 78 valence electrons. The Morgan fingerprint density at radius 3 is 2.31 bits per heavy atom. The topological polar surface area (TPSA) is 35.9 Å². The number of methoxy groups -OCH3 is 1. The minimum absolute atomic E-state index is 0.200. The summed E-state index contributed by atoms with van der Waals surface area (Å²) < 4.78 is 5.00. The van der Waals surface area contributed by atoms with Crippen LogP contribution in [0.5, 0.6) is 0 Å². The molecule has 0 atom stereocenters. The highest BCUT2D eigenvalue weighted by Crippen LogP contribution is 2.01. The second-order valence-electron chi connectivity index (χ2n) is 3.45. The van der Waals surface area contributed by atoms with Gasteiger partial charge in [-0.2, -0.15) is 0 Å². The molecule has 1 rings (SSSR count). The van der Waals surface area contributed by atoms with Crippen LogP contribution in [-0.2, 0) is 4.74 Å². The molecule has 4 heteroatoms. The third kappa shape index (κ3) is 4.04. The second kappa shape index (κ2) is 6.32. The molecular weight excluding hydrogens is 168 g/mol. The first kappa shape index (κ1) is 10.9. The molecule has 0 unspecified atom stereocenters. The summed E-state index contributed by atoms with van der Waals surface area (Å²) in [6, 6.07) is 0. The Labute approximate surface area is 80.1 Å². The van der Waals surface area contributed by atoms with E-state index in [1.807, 2.05) is 0 Å². The van der Waals surface area contributed by atoms with Crippen molar-refractivity contribution < 1.29 is 9.84 Å². The highest BCUT2D eigenvalue weighted by atomic mass is 16.5. The summed E-state index contributed by atoms with van der Waals surface area (Å²) in [5.41, 5.74) is 0. The minimum atomic E-state index is 0.200. The fraction of sp³-hybridized carbons (Fsp3) is 1.00. The molecule has 4 nitrogen and oxygen atoms in total. The molecule has 0 aliphatic carbocycles. The largest absolute Gasteiger partial charge is 0.385 e. The van der Waals surface area contributed by atoms with Crippen LogP contribution < -0.4 is 0 Å². The first-order valence-electron chi connectivity index (χ1n) is 4.91. The number of hydrogen-bond acceptors (Lipinski definition) is 4. The van der Waals surface area contributed by atoms with Crippen molar-refractivity contribution >= 4 is 0 Å². The van der Waals surface area contributed by atoms with E-state index in [1.54, 1.807) is 7.11 Å². The zero-order chi connectivity index (χ0) is 9.52. The summed E-state index contributed by atoms with van der Waals surface area (Å²) in [6.45, 7) is 6.29. The summed E-state index contributed by atoms with van der Waals surface area (Å²) in [5.74, 6) is 0. The van der Waals surface area contributed by atoms with Gasteiger partial charge in [0, 0.05) is 46.4 Å². The van der Waals surface area contributed by atoms with Crippen LogP contribution in [-0.4, -0.2) is 68.1 Å². The van der Waals surface area contributed by atoms with Crippen molar-refractivity contribution in [3.05, 3.63) is 0 Å². The number of piperazine rings is 1. The molecule has 1 saturated heterocycles. The highest BCUT2D eigenvalue weighted by molar-refractivity contribution is 4.69. The molecule has 1 heterocycles. The van der Waals surface area contributed by atoms with E-state index in [-0.39, 0.29) is 6.73 Å². The van der Waals surface area contributed by atoms with Crippen LogP contribution in [0.1, 0.15) is 6.42 Å². The molecule has 1 aliphatic rings. The van der Waals surface area contributed by atoms with Gasteiger partial charge in [-0.15, -0.1) is 0 Å². The lowest BCUT2D eigenvalue weighted by Gasteiger charge is -2.33. The number of ether oxygens (including phenoxy) is 1. The van der Waals surface area contributed by atoms with E-state index in [4.69, 9.17) is 9.84 Å². The van der Waals surface area contributed by atoms with Crippen LogP contribution in [0, 0.1) is 0 Å². The number of hydrogen-bond donors (Lipinski definition) is 1. The van der Waals surface area contributed by atoms with Gasteiger partial charge in [0.2, 0.25) is 0 Å². The molecular formula is C9H20N2O2. The van der Waals surface area contributed by atoms with E-state index in [1.165, 1.54) is 0 Å². The Morgan fingerprint density at radius 1 is 1.15 bits per heavy atom. The normalized spacial score (nSPS) is 20.8. The van der Waals surface area contributed by atoms with E-state index in [0.717, 1.165) is 45.8 Å². The third-order valence-electron chi connectivity index (χ3n) is 2.49. The molecule has 0 amide bonds. The van der Waals surface area contributed by atoms with Gasteiger partial charge in [-0.25, -0.2) is 0 Å². The van der Waals surface area contributed by atoms with Gasteiger partial charge in [0.15, 0.2) is 0 Å². The Morgan fingerprint density at radius 2 is 1.77 bits per heavy atom. The molecule has 0 saturated carbocycles. The molecule has 0 aromatic heterocycles. The van der Waals surface area contributed by atoms with Crippen molar-refractivity contribution in [2.75, 3.05) is 53.2 Å². The fourth-order valence-corrected chi connectivity index (χ4v) is 1.59. The highest BCUT2D eigenvalue weighted by Gasteiger charge is 2.14. The van der Waals surface area contributed by atoms with Crippen molar-refractivity contribution in [1.29, 1.82) is 0 Å². The van der Waals surface area contributed by atoms with Crippen LogP contribution in [0.15, 0.2) is 0 Å². The van der Waals surface area contributed by atoms with Crippen LogP contribution in [0.3, 0.4) is 0 Å². The van der Waals surface area contributed by atoms with E-state index < -0.39 is 0 Å². The fourth-order valence-electron chi connectivity index (χ4n) is 1.59. The first-order valence-corrected chi connectivity index (χ1v) is 4.91. The van der Waals surface area contributed by atoms with Crippen molar-refractivity contribution in [2.45, 2.75) is 6.42 Å². The summed E-state index contributed by atoms with van der Waals surface area (Å²) in [4.78, 5) is 4.48. The number of aliphatic hydroxyl groups excluding tert-OH is 1. The van der Waals surface area contributed by atoms with Crippen LogP contribution in [0.25, 0.3) is 0 Å². The Hall–Kier alpha value is -0.160. The predicted molar refractivity (Wildman–Crippen MR) is 51.6 cm³/mol. The van der Waals surface area contributed by atoms with Crippen molar-refractivity contribution in [1.82, 2.24) is 9.80 Å². The molecule has 0 bridgehead atoms. The monoisotopic (exact) mass is 188 g/mol. The number of rotatable bonds is 5. The maximum atomic E-state index is 8.88. The summed E-state index contributed by atoms with van der Waals surface area (Å²) in [6.07, 6.45) is 1.11.